The Morgan fingerprint density at radius 2 is 2.17 bits per heavy atom. The minimum atomic E-state index is 0.265. The van der Waals surface area contributed by atoms with Gasteiger partial charge in [0.05, 0.1) is 25.4 Å². The van der Waals surface area contributed by atoms with Gasteiger partial charge in [-0.05, 0) is 31.0 Å². The molecule has 0 aliphatic heterocycles. The lowest BCUT2D eigenvalue weighted by Crippen LogP contribution is -1.95. The largest absolute Gasteiger partial charge is 0.496 e. The summed E-state index contributed by atoms with van der Waals surface area (Å²) in [5, 5.41) is 0.705. The van der Waals surface area contributed by atoms with Gasteiger partial charge in [0.1, 0.15) is 5.75 Å². The number of methoxy groups -OCH3 is 1. The van der Waals surface area contributed by atoms with Crippen molar-refractivity contribution in [1.82, 2.24) is 4.98 Å². The third kappa shape index (κ3) is 2.09. The van der Waals surface area contributed by atoms with Crippen molar-refractivity contribution in [2.24, 2.45) is 5.73 Å². The van der Waals surface area contributed by atoms with Crippen LogP contribution in [0, 0.1) is 13.8 Å². The fourth-order valence-corrected chi connectivity index (χ4v) is 2.06. The quantitative estimate of drug-likeness (QED) is 0.927. The van der Waals surface area contributed by atoms with Crippen molar-refractivity contribution in [2.75, 3.05) is 7.11 Å². The zero-order valence-corrected chi connectivity index (χ0v) is 11.3. The zero-order valence-electron chi connectivity index (χ0n) is 10.6. The van der Waals surface area contributed by atoms with Crippen LogP contribution in [0.5, 0.6) is 5.75 Å². The smallest absolute Gasteiger partial charge is 0.208 e. The van der Waals surface area contributed by atoms with Crippen molar-refractivity contribution in [3.63, 3.8) is 0 Å². The maximum absolute atomic E-state index is 6.26. The van der Waals surface area contributed by atoms with Crippen molar-refractivity contribution in [3.8, 4) is 17.1 Å². The molecule has 0 aliphatic rings. The lowest BCUT2D eigenvalue weighted by atomic mass is 10.0. The van der Waals surface area contributed by atoms with E-state index < -0.39 is 0 Å². The first-order valence-electron chi connectivity index (χ1n) is 5.57. The summed E-state index contributed by atoms with van der Waals surface area (Å²) in [4.78, 5) is 4.09. The van der Waals surface area contributed by atoms with Crippen LogP contribution < -0.4 is 10.5 Å². The summed E-state index contributed by atoms with van der Waals surface area (Å²) in [5.74, 6) is 1.82. The van der Waals surface area contributed by atoms with Crippen LogP contribution in [-0.2, 0) is 6.54 Å². The zero-order chi connectivity index (χ0) is 13.3. The summed E-state index contributed by atoms with van der Waals surface area (Å²) < 4.78 is 10.9. The molecule has 0 fully saturated rings. The van der Waals surface area contributed by atoms with Gasteiger partial charge in [0.15, 0.2) is 5.76 Å². The number of hydrogen-bond donors (Lipinski definition) is 1. The Kier molecular flexibility index (Phi) is 3.59. The van der Waals surface area contributed by atoms with Crippen LogP contribution in [-0.4, -0.2) is 12.1 Å². The summed E-state index contributed by atoms with van der Waals surface area (Å²) in [5.41, 5.74) is 8.19. The lowest BCUT2D eigenvalue weighted by molar-refractivity contribution is 0.413. The van der Waals surface area contributed by atoms with Gasteiger partial charge in [-0.3, -0.25) is 0 Å². The minimum absolute atomic E-state index is 0.265. The first kappa shape index (κ1) is 12.9. The molecule has 1 aromatic carbocycles. The molecule has 4 nitrogen and oxygen atoms in total. The molecule has 2 rings (SSSR count). The number of ether oxygens (including phenoxy) is 1. The van der Waals surface area contributed by atoms with Gasteiger partial charge >= 0.3 is 0 Å². The van der Waals surface area contributed by atoms with Crippen molar-refractivity contribution in [1.29, 1.82) is 0 Å². The molecule has 18 heavy (non-hydrogen) atoms. The van der Waals surface area contributed by atoms with Gasteiger partial charge in [-0.25, -0.2) is 4.98 Å². The van der Waals surface area contributed by atoms with Crippen molar-refractivity contribution >= 4 is 11.6 Å². The fraction of sp³-hybridized carbons (Fsp3) is 0.308. The molecule has 96 valence electrons. The number of nitrogens with zero attached hydrogens (tertiary/aromatic N) is 1. The number of nitrogens with two attached hydrogens (primary N) is 1. The second kappa shape index (κ2) is 5.00. The molecule has 0 atom stereocenters. The number of halogens is 1. The molecule has 0 spiro atoms. The van der Waals surface area contributed by atoms with Crippen molar-refractivity contribution in [2.45, 2.75) is 20.4 Å². The molecule has 0 aliphatic carbocycles. The summed E-state index contributed by atoms with van der Waals surface area (Å²) >= 11 is 6.26. The van der Waals surface area contributed by atoms with Gasteiger partial charge in [0.25, 0.3) is 0 Å². The van der Waals surface area contributed by atoms with E-state index in [4.69, 9.17) is 26.5 Å². The number of hydrogen-bond acceptors (Lipinski definition) is 4. The van der Waals surface area contributed by atoms with E-state index in [9.17, 15) is 0 Å². The number of benzene rings is 1. The van der Waals surface area contributed by atoms with Gasteiger partial charge in [0, 0.05) is 5.02 Å². The summed E-state index contributed by atoms with van der Waals surface area (Å²) in [6.45, 7) is 4.13. The van der Waals surface area contributed by atoms with Gasteiger partial charge in [-0.1, -0.05) is 11.6 Å². The van der Waals surface area contributed by atoms with Gasteiger partial charge < -0.3 is 14.9 Å². The molecule has 2 aromatic rings. The molecule has 1 heterocycles. The van der Waals surface area contributed by atoms with Crippen molar-refractivity contribution < 1.29 is 9.15 Å². The topological polar surface area (TPSA) is 61.3 Å². The molecule has 1 aromatic heterocycles. The maximum atomic E-state index is 6.26. The van der Waals surface area contributed by atoms with Crippen LogP contribution in [0.15, 0.2) is 16.7 Å². The second-order valence-corrected chi connectivity index (χ2v) is 4.41. The van der Waals surface area contributed by atoms with Crippen LogP contribution in [0.3, 0.4) is 0 Å². The van der Waals surface area contributed by atoms with E-state index >= 15 is 0 Å². The number of aryl methyl sites for hydroxylation is 1. The van der Waals surface area contributed by atoms with Gasteiger partial charge in [-0.2, -0.15) is 0 Å². The van der Waals surface area contributed by atoms with Gasteiger partial charge in [-0.15, -0.1) is 0 Å². The fourth-order valence-electron chi connectivity index (χ4n) is 1.91. The molecule has 0 amide bonds. The van der Waals surface area contributed by atoms with E-state index in [-0.39, 0.29) is 6.54 Å². The SMILES string of the molecule is COc1cc(C)c(Cl)c(C)c1-c1cnc(CN)o1. The molecular formula is C13H15ClN2O2. The van der Waals surface area contributed by atoms with Crippen LogP contribution in [0.25, 0.3) is 11.3 Å². The number of rotatable bonds is 3. The Morgan fingerprint density at radius 3 is 2.72 bits per heavy atom. The third-order valence-corrected chi connectivity index (χ3v) is 3.42. The van der Waals surface area contributed by atoms with Crippen LogP contribution >= 0.6 is 11.6 Å². The molecule has 0 saturated heterocycles. The molecular weight excluding hydrogens is 252 g/mol. The van der Waals surface area contributed by atoms with Crippen LogP contribution in [0.1, 0.15) is 17.0 Å². The molecule has 0 radical (unpaired) electrons. The van der Waals surface area contributed by atoms with E-state index in [1.807, 2.05) is 19.9 Å². The maximum Gasteiger partial charge on any atom is 0.208 e. The second-order valence-electron chi connectivity index (χ2n) is 4.03. The lowest BCUT2D eigenvalue weighted by Gasteiger charge is -2.13. The van der Waals surface area contributed by atoms with Crippen LogP contribution in [0.2, 0.25) is 5.02 Å². The number of oxazole rings is 1. The highest BCUT2D eigenvalue weighted by atomic mass is 35.5. The predicted octanol–water partition coefficient (Wildman–Crippen LogP) is 3.08. The standard InChI is InChI=1S/C13H15ClN2O2/c1-7-4-9(17-3)12(8(2)13(7)14)10-6-16-11(5-15)18-10/h4,6H,5,15H2,1-3H3. The molecule has 0 saturated carbocycles. The monoisotopic (exact) mass is 266 g/mol. The number of aromatic nitrogens is 1. The normalized spacial score (nSPS) is 10.7. The predicted molar refractivity (Wildman–Crippen MR) is 70.9 cm³/mol. The third-order valence-electron chi connectivity index (χ3n) is 2.84. The van der Waals surface area contributed by atoms with E-state index in [1.165, 1.54) is 0 Å². The highest BCUT2D eigenvalue weighted by Gasteiger charge is 2.17. The average Bonchev–Trinajstić information content (AvgIpc) is 2.83. The molecule has 0 bridgehead atoms. The van der Waals surface area contributed by atoms with Gasteiger partial charge in [0.2, 0.25) is 5.89 Å². The van der Waals surface area contributed by atoms with E-state index in [0.29, 0.717) is 22.4 Å². The van der Waals surface area contributed by atoms with E-state index in [1.54, 1.807) is 13.3 Å². The summed E-state index contributed by atoms with van der Waals surface area (Å²) in [7, 11) is 1.62. The first-order valence-corrected chi connectivity index (χ1v) is 5.95. The Morgan fingerprint density at radius 1 is 1.44 bits per heavy atom. The Labute approximate surface area is 111 Å². The Balaban J connectivity index is 2.65. The Hall–Kier alpha value is -1.52. The van der Waals surface area contributed by atoms with E-state index in [2.05, 4.69) is 4.98 Å². The first-order chi connectivity index (χ1) is 8.58. The average molecular weight is 267 g/mol. The highest BCUT2D eigenvalue weighted by molar-refractivity contribution is 6.32. The molecule has 5 heteroatoms. The summed E-state index contributed by atoms with van der Waals surface area (Å²) in [6.07, 6.45) is 1.64. The highest BCUT2D eigenvalue weighted by Crippen LogP contribution is 2.39. The molecule has 2 N–H and O–H groups in total. The summed E-state index contributed by atoms with van der Waals surface area (Å²) in [6, 6.07) is 1.88. The van der Waals surface area contributed by atoms with Crippen LogP contribution in [0.4, 0.5) is 0 Å². The molecule has 0 unspecified atom stereocenters. The Bertz CT molecular complexity index is 579. The van der Waals surface area contributed by atoms with E-state index in [0.717, 1.165) is 16.7 Å². The van der Waals surface area contributed by atoms with Crippen molar-refractivity contribution in [3.05, 3.63) is 34.3 Å². The minimum Gasteiger partial charge on any atom is -0.496 e.